The van der Waals surface area contributed by atoms with Crippen molar-refractivity contribution in [2.45, 2.75) is 13.5 Å². The first-order valence-electron chi connectivity index (χ1n) is 7.71. The molecule has 4 aromatic rings. The molecule has 0 atom stereocenters. The molecule has 0 aliphatic carbocycles. The van der Waals surface area contributed by atoms with Crippen LogP contribution >= 0.6 is 0 Å². The molecule has 114 valence electrons. The van der Waals surface area contributed by atoms with Gasteiger partial charge < -0.3 is 14.0 Å². The van der Waals surface area contributed by atoms with Crippen molar-refractivity contribution in [1.29, 1.82) is 0 Å². The van der Waals surface area contributed by atoms with Crippen LogP contribution in [0.15, 0.2) is 48.7 Å². The van der Waals surface area contributed by atoms with E-state index in [2.05, 4.69) is 46.4 Å². The minimum absolute atomic E-state index is 0.287. The van der Waals surface area contributed by atoms with Crippen molar-refractivity contribution in [3.05, 3.63) is 48.7 Å². The van der Waals surface area contributed by atoms with Crippen LogP contribution in [0.25, 0.3) is 28.1 Å². The number of hydrogen-bond donors (Lipinski definition) is 0. The third-order valence-electron chi connectivity index (χ3n) is 4.35. The molecule has 0 saturated heterocycles. The first-order chi connectivity index (χ1) is 11.3. The Balaban J connectivity index is 1.74. The smallest absolute Gasteiger partial charge is 0.231 e. The van der Waals surface area contributed by atoms with E-state index < -0.39 is 0 Å². The largest absolute Gasteiger partial charge is 0.454 e. The molecule has 0 fully saturated rings. The summed E-state index contributed by atoms with van der Waals surface area (Å²) in [5, 5.41) is 0. The number of aromatic nitrogens is 3. The van der Waals surface area contributed by atoms with Crippen LogP contribution in [0.5, 0.6) is 11.5 Å². The van der Waals surface area contributed by atoms with Gasteiger partial charge in [-0.15, -0.1) is 0 Å². The quantitative estimate of drug-likeness (QED) is 0.567. The van der Waals surface area contributed by atoms with Crippen LogP contribution in [0.2, 0.25) is 0 Å². The average molecular weight is 305 g/mol. The van der Waals surface area contributed by atoms with Crippen molar-refractivity contribution in [3.63, 3.8) is 0 Å². The molecule has 0 radical (unpaired) electrons. The molecule has 0 N–H and O–H groups in total. The van der Waals surface area contributed by atoms with E-state index in [0.29, 0.717) is 0 Å². The van der Waals surface area contributed by atoms with Gasteiger partial charge in [0, 0.05) is 18.3 Å². The van der Waals surface area contributed by atoms with E-state index in [1.807, 2.05) is 18.2 Å². The number of hydrogen-bond acceptors (Lipinski definition) is 3. The molecular weight excluding hydrogens is 290 g/mol. The fourth-order valence-corrected chi connectivity index (χ4v) is 3.25. The van der Waals surface area contributed by atoms with Crippen molar-refractivity contribution in [1.82, 2.24) is 14.0 Å². The van der Waals surface area contributed by atoms with Crippen molar-refractivity contribution < 1.29 is 9.47 Å². The van der Waals surface area contributed by atoms with Crippen LogP contribution in [-0.4, -0.2) is 20.7 Å². The maximum Gasteiger partial charge on any atom is 0.231 e. The van der Waals surface area contributed by atoms with E-state index in [4.69, 9.17) is 14.5 Å². The van der Waals surface area contributed by atoms with Crippen LogP contribution in [-0.2, 0) is 6.54 Å². The highest BCUT2D eigenvalue weighted by molar-refractivity contribution is 5.82. The van der Waals surface area contributed by atoms with Gasteiger partial charge in [-0.2, -0.15) is 0 Å². The third-order valence-corrected chi connectivity index (χ3v) is 4.35. The Morgan fingerprint density at radius 2 is 1.87 bits per heavy atom. The van der Waals surface area contributed by atoms with Gasteiger partial charge in [-0.3, -0.25) is 4.40 Å². The summed E-state index contributed by atoms with van der Waals surface area (Å²) < 4.78 is 15.2. The second kappa shape index (κ2) is 4.52. The van der Waals surface area contributed by atoms with Gasteiger partial charge in [-0.1, -0.05) is 12.1 Å². The number of benzene rings is 2. The summed E-state index contributed by atoms with van der Waals surface area (Å²) in [5.74, 6) is 2.53. The highest BCUT2D eigenvalue weighted by atomic mass is 16.7. The number of ether oxygens (including phenoxy) is 2. The highest BCUT2D eigenvalue weighted by Crippen LogP contribution is 2.36. The van der Waals surface area contributed by atoms with Crippen molar-refractivity contribution in [2.24, 2.45) is 0 Å². The summed E-state index contributed by atoms with van der Waals surface area (Å²) in [4.78, 5) is 4.85. The van der Waals surface area contributed by atoms with Crippen molar-refractivity contribution >= 4 is 16.8 Å². The fraction of sp³-hybridized carbons (Fsp3) is 0.167. The fourth-order valence-electron chi connectivity index (χ4n) is 3.25. The molecule has 23 heavy (non-hydrogen) atoms. The van der Waals surface area contributed by atoms with Gasteiger partial charge in [-0.25, -0.2) is 4.98 Å². The molecule has 0 unspecified atom stereocenters. The molecule has 0 spiro atoms. The summed E-state index contributed by atoms with van der Waals surface area (Å²) in [5.41, 5.74) is 4.34. The standard InChI is InChI=1S/C18H15N3O2/c1-2-20-14-5-3-4-6-15(14)21-10-13(19-18(20)21)12-7-8-16-17(9-12)23-11-22-16/h3-10H,2,11H2,1H3. The van der Waals surface area contributed by atoms with E-state index in [1.54, 1.807) is 0 Å². The van der Waals surface area contributed by atoms with E-state index in [-0.39, 0.29) is 6.79 Å². The second-order valence-electron chi connectivity index (χ2n) is 5.60. The van der Waals surface area contributed by atoms with E-state index in [1.165, 1.54) is 11.0 Å². The lowest BCUT2D eigenvalue weighted by molar-refractivity contribution is 0.174. The lowest BCUT2D eigenvalue weighted by Crippen LogP contribution is -1.94. The Labute approximate surface area is 132 Å². The van der Waals surface area contributed by atoms with Crippen LogP contribution in [0.4, 0.5) is 0 Å². The Kier molecular flexibility index (Phi) is 2.47. The molecule has 2 aromatic carbocycles. The predicted molar refractivity (Wildman–Crippen MR) is 87.9 cm³/mol. The number of para-hydroxylation sites is 2. The molecule has 5 heteroatoms. The summed E-state index contributed by atoms with van der Waals surface area (Å²) in [6.07, 6.45) is 2.08. The average Bonchev–Trinajstić information content (AvgIpc) is 3.27. The van der Waals surface area contributed by atoms with Gasteiger partial charge in [0.25, 0.3) is 0 Å². The zero-order valence-corrected chi connectivity index (χ0v) is 12.7. The van der Waals surface area contributed by atoms with Crippen molar-refractivity contribution in [2.75, 3.05) is 6.79 Å². The summed E-state index contributed by atoms with van der Waals surface area (Å²) in [7, 11) is 0. The highest BCUT2D eigenvalue weighted by Gasteiger charge is 2.17. The predicted octanol–water partition coefficient (Wildman–Crippen LogP) is 3.70. The monoisotopic (exact) mass is 305 g/mol. The van der Waals surface area contributed by atoms with Gasteiger partial charge in [0.2, 0.25) is 12.6 Å². The first-order valence-corrected chi connectivity index (χ1v) is 7.71. The number of rotatable bonds is 2. The summed E-state index contributed by atoms with van der Waals surface area (Å²) in [6, 6.07) is 14.3. The van der Waals surface area contributed by atoms with E-state index >= 15 is 0 Å². The van der Waals surface area contributed by atoms with Gasteiger partial charge in [0.15, 0.2) is 11.5 Å². The SMILES string of the molecule is CCn1c2ccccc2n2cc(-c3ccc4c(c3)OCO4)nc12. The first kappa shape index (κ1) is 12.6. The molecule has 0 bridgehead atoms. The molecule has 5 nitrogen and oxygen atoms in total. The molecule has 3 heterocycles. The molecule has 1 aliphatic rings. The second-order valence-corrected chi connectivity index (χ2v) is 5.60. The molecule has 2 aromatic heterocycles. The number of aryl methyl sites for hydroxylation is 1. The number of imidazole rings is 2. The maximum atomic E-state index is 5.47. The Bertz CT molecular complexity index is 1050. The van der Waals surface area contributed by atoms with Gasteiger partial charge in [0.05, 0.1) is 16.7 Å². The number of fused-ring (bicyclic) bond motifs is 4. The number of nitrogens with zero attached hydrogens (tertiary/aromatic N) is 3. The third kappa shape index (κ3) is 1.70. The van der Waals surface area contributed by atoms with E-state index in [0.717, 1.165) is 35.1 Å². The minimum atomic E-state index is 0.287. The minimum Gasteiger partial charge on any atom is -0.454 e. The van der Waals surface area contributed by atoms with E-state index in [9.17, 15) is 0 Å². The van der Waals surface area contributed by atoms with Crippen LogP contribution in [0, 0.1) is 0 Å². The lowest BCUT2D eigenvalue weighted by Gasteiger charge is -2.01. The lowest BCUT2D eigenvalue weighted by atomic mass is 10.1. The van der Waals surface area contributed by atoms with Crippen LogP contribution < -0.4 is 9.47 Å². The molecular formula is C18H15N3O2. The Morgan fingerprint density at radius 1 is 1.04 bits per heavy atom. The van der Waals surface area contributed by atoms with Crippen molar-refractivity contribution in [3.8, 4) is 22.8 Å². The Hall–Kier alpha value is -2.95. The molecule has 5 rings (SSSR count). The Morgan fingerprint density at radius 3 is 2.74 bits per heavy atom. The summed E-state index contributed by atoms with van der Waals surface area (Å²) in [6.45, 7) is 3.31. The zero-order valence-electron chi connectivity index (χ0n) is 12.7. The zero-order chi connectivity index (χ0) is 15.4. The molecule has 0 saturated carbocycles. The van der Waals surface area contributed by atoms with Crippen LogP contribution in [0.3, 0.4) is 0 Å². The molecule has 0 amide bonds. The van der Waals surface area contributed by atoms with Gasteiger partial charge >= 0.3 is 0 Å². The van der Waals surface area contributed by atoms with Gasteiger partial charge in [0.1, 0.15) is 0 Å². The maximum absolute atomic E-state index is 5.47. The normalized spacial score (nSPS) is 13.3. The molecule has 1 aliphatic heterocycles. The summed E-state index contributed by atoms with van der Waals surface area (Å²) >= 11 is 0. The van der Waals surface area contributed by atoms with Crippen LogP contribution in [0.1, 0.15) is 6.92 Å². The van der Waals surface area contributed by atoms with Gasteiger partial charge in [-0.05, 0) is 37.3 Å². The topological polar surface area (TPSA) is 40.7 Å².